The van der Waals surface area contributed by atoms with Gasteiger partial charge >= 0.3 is 24.0 Å². The lowest BCUT2D eigenvalue weighted by Gasteiger charge is -2.08. The van der Waals surface area contributed by atoms with Crippen LogP contribution in [-0.4, -0.2) is 41.2 Å². The molecule has 2 rings (SSSR count). The number of hydrogen-bond donors (Lipinski definition) is 2. The Morgan fingerprint density at radius 2 is 1.87 bits per heavy atom. The molecule has 0 radical (unpaired) electrons. The van der Waals surface area contributed by atoms with E-state index in [1.165, 1.54) is 18.7 Å². The highest BCUT2D eigenvalue weighted by atomic mass is 32.1. The number of aromatic nitrogens is 2. The zero-order valence-electron chi connectivity index (χ0n) is 16.8. The van der Waals surface area contributed by atoms with Gasteiger partial charge in [0.15, 0.2) is 5.69 Å². The van der Waals surface area contributed by atoms with E-state index in [9.17, 15) is 27.6 Å². The fourth-order valence-corrected chi connectivity index (χ4v) is 3.65. The van der Waals surface area contributed by atoms with Gasteiger partial charge in [-0.05, 0) is 38.8 Å². The summed E-state index contributed by atoms with van der Waals surface area (Å²) in [6.45, 7) is 5.16. The average Bonchev–Trinajstić information content (AvgIpc) is 3.17. The van der Waals surface area contributed by atoms with Gasteiger partial charge in [0, 0.05) is 23.7 Å². The third-order valence-electron chi connectivity index (χ3n) is 4.31. The highest BCUT2D eigenvalue weighted by Crippen LogP contribution is 2.33. The summed E-state index contributed by atoms with van der Waals surface area (Å²) in [5.74, 6) is -2.51. The van der Waals surface area contributed by atoms with Crippen LogP contribution in [0.25, 0.3) is 0 Å². The van der Waals surface area contributed by atoms with Gasteiger partial charge in [-0.3, -0.25) is 14.3 Å². The Labute approximate surface area is 174 Å². The van der Waals surface area contributed by atoms with E-state index >= 15 is 0 Å². The lowest BCUT2D eigenvalue weighted by molar-refractivity contribution is -0.141. The number of rotatable bonds is 6. The highest BCUT2D eigenvalue weighted by molar-refractivity contribution is 7.17. The summed E-state index contributed by atoms with van der Waals surface area (Å²) >= 11 is 1.15. The van der Waals surface area contributed by atoms with Gasteiger partial charge in [-0.1, -0.05) is 0 Å². The largest absolute Gasteiger partial charge is 0.465 e. The van der Waals surface area contributed by atoms with Gasteiger partial charge in [0.1, 0.15) is 5.00 Å². The molecule has 0 bridgehead atoms. The zero-order chi connectivity index (χ0) is 22.6. The molecule has 8 nitrogen and oxygen atoms in total. The second-order valence-electron chi connectivity index (χ2n) is 6.43. The summed E-state index contributed by atoms with van der Waals surface area (Å²) in [4.78, 5) is 36.8. The minimum Gasteiger partial charge on any atom is -0.465 e. The average molecular weight is 446 g/mol. The van der Waals surface area contributed by atoms with Crippen LogP contribution < -0.4 is 10.6 Å². The second kappa shape index (κ2) is 9.28. The smallest absolute Gasteiger partial charge is 0.435 e. The van der Waals surface area contributed by atoms with E-state index in [1.807, 2.05) is 0 Å². The summed E-state index contributed by atoms with van der Waals surface area (Å²) < 4.78 is 43.9. The Morgan fingerprint density at radius 3 is 2.43 bits per heavy atom. The molecule has 12 heteroatoms. The molecule has 0 spiro atoms. The molecule has 0 aliphatic rings. The number of ether oxygens (including phenoxy) is 1. The van der Waals surface area contributed by atoms with Gasteiger partial charge in [0.05, 0.1) is 12.7 Å². The van der Waals surface area contributed by atoms with Crippen LogP contribution in [0.1, 0.15) is 38.6 Å². The van der Waals surface area contributed by atoms with E-state index < -0.39 is 29.7 Å². The molecule has 0 fully saturated rings. The number of anilines is 1. The number of thiophene rings is 1. The summed E-state index contributed by atoms with van der Waals surface area (Å²) in [6.07, 6.45) is -4.26. The molecule has 0 aromatic carbocycles. The van der Waals surface area contributed by atoms with E-state index in [0.29, 0.717) is 11.3 Å². The van der Waals surface area contributed by atoms with Crippen molar-refractivity contribution >= 4 is 34.1 Å². The Bertz CT molecular complexity index is 966. The third kappa shape index (κ3) is 5.38. The maximum atomic E-state index is 12.7. The van der Waals surface area contributed by atoms with Crippen molar-refractivity contribution in [2.24, 2.45) is 0 Å². The van der Waals surface area contributed by atoms with Crippen molar-refractivity contribution in [3.05, 3.63) is 33.5 Å². The molecule has 2 aromatic rings. The maximum absolute atomic E-state index is 12.7. The van der Waals surface area contributed by atoms with Crippen LogP contribution in [0.15, 0.2) is 6.07 Å². The van der Waals surface area contributed by atoms with Crippen molar-refractivity contribution in [3.8, 4) is 0 Å². The van der Waals surface area contributed by atoms with Crippen molar-refractivity contribution < 1.29 is 32.3 Å². The highest BCUT2D eigenvalue weighted by Gasteiger charge is 2.34. The van der Waals surface area contributed by atoms with Crippen LogP contribution in [0.3, 0.4) is 0 Å². The number of halogens is 3. The minimum atomic E-state index is -4.52. The van der Waals surface area contributed by atoms with Gasteiger partial charge in [-0.15, -0.1) is 11.3 Å². The van der Waals surface area contributed by atoms with Gasteiger partial charge in [-0.25, -0.2) is 4.79 Å². The predicted octanol–water partition coefficient (Wildman–Crippen LogP) is 2.82. The first-order valence-corrected chi connectivity index (χ1v) is 9.66. The van der Waals surface area contributed by atoms with E-state index in [0.717, 1.165) is 22.3 Å². The molecule has 0 aliphatic carbocycles. The molecule has 0 saturated heterocycles. The Kier molecular flexibility index (Phi) is 7.24. The molecule has 2 amide bonds. The quantitative estimate of drug-likeness (QED) is 0.404. The van der Waals surface area contributed by atoms with E-state index in [1.54, 1.807) is 13.8 Å². The summed E-state index contributed by atoms with van der Waals surface area (Å²) in [5.41, 5.74) is 0.197. The summed E-state index contributed by atoms with van der Waals surface area (Å²) in [5, 5.41) is 8.49. The number of nitrogens with zero attached hydrogens (tertiary/aromatic N) is 2. The van der Waals surface area contributed by atoms with Crippen molar-refractivity contribution in [2.75, 3.05) is 19.0 Å². The monoisotopic (exact) mass is 446 g/mol. The number of alkyl halides is 3. The number of hydrogen-bond acceptors (Lipinski definition) is 6. The molecule has 30 heavy (non-hydrogen) atoms. The zero-order valence-corrected chi connectivity index (χ0v) is 17.6. The summed E-state index contributed by atoms with van der Waals surface area (Å²) in [6, 6.07) is 0.940. The van der Waals surface area contributed by atoms with Crippen LogP contribution in [0.4, 0.5) is 18.2 Å². The molecule has 0 aliphatic heterocycles. The summed E-state index contributed by atoms with van der Waals surface area (Å²) in [7, 11) is 1.21. The van der Waals surface area contributed by atoms with Crippen molar-refractivity contribution in [1.29, 1.82) is 0 Å². The standard InChI is InChI=1S/C18H21F3N4O4S/c1-9-8-12(18(19,20)21)24-25(9)7-5-6-22-14(26)15(27)23-16-13(17(28)29-4)10(2)11(3)30-16/h8H,5-7H2,1-4H3,(H,22,26)(H,23,27). The number of carbonyl (C=O) groups excluding carboxylic acids is 3. The van der Waals surface area contributed by atoms with Gasteiger partial charge in [0.25, 0.3) is 0 Å². The van der Waals surface area contributed by atoms with E-state index in [2.05, 4.69) is 15.7 Å². The van der Waals surface area contributed by atoms with Crippen LogP contribution in [0.5, 0.6) is 0 Å². The first kappa shape index (κ1) is 23.4. The fraction of sp³-hybridized carbons (Fsp3) is 0.444. The molecule has 2 heterocycles. The normalized spacial score (nSPS) is 11.3. The van der Waals surface area contributed by atoms with Crippen LogP contribution in [0.2, 0.25) is 0 Å². The Balaban J connectivity index is 1.89. The lowest BCUT2D eigenvalue weighted by atomic mass is 10.1. The molecule has 2 aromatic heterocycles. The first-order chi connectivity index (χ1) is 14.0. The topological polar surface area (TPSA) is 102 Å². The van der Waals surface area contributed by atoms with E-state index in [4.69, 9.17) is 4.74 Å². The fourth-order valence-electron chi connectivity index (χ4n) is 2.61. The number of nitrogens with one attached hydrogen (secondary N) is 2. The van der Waals surface area contributed by atoms with Crippen molar-refractivity contribution in [3.63, 3.8) is 0 Å². The molecular formula is C18H21F3N4O4S. The van der Waals surface area contributed by atoms with E-state index in [-0.39, 0.29) is 30.1 Å². The second-order valence-corrected chi connectivity index (χ2v) is 7.66. The number of amides is 2. The predicted molar refractivity (Wildman–Crippen MR) is 103 cm³/mol. The van der Waals surface area contributed by atoms with Gasteiger partial charge < -0.3 is 15.4 Å². The van der Waals surface area contributed by atoms with Crippen molar-refractivity contribution in [1.82, 2.24) is 15.1 Å². The molecule has 0 atom stereocenters. The number of methoxy groups -OCH3 is 1. The molecule has 0 saturated carbocycles. The number of carbonyl (C=O) groups is 3. The maximum Gasteiger partial charge on any atom is 0.435 e. The first-order valence-electron chi connectivity index (χ1n) is 8.84. The Hall–Kier alpha value is -2.89. The van der Waals surface area contributed by atoms with Gasteiger partial charge in [-0.2, -0.15) is 18.3 Å². The molecule has 164 valence electrons. The SMILES string of the molecule is COC(=O)c1c(NC(=O)C(=O)NCCCn2nc(C(F)(F)F)cc2C)sc(C)c1C. The van der Waals surface area contributed by atoms with Crippen LogP contribution in [-0.2, 0) is 27.0 Å². The van der Waals surface area contributed by atoms with Crippen molar-refractivity contribution in [2.45, 2.75) is 39.9 Å². The Morgan fingerprint density at radius 1 is 1.20 bits per heavy atom. The lowest BCUT2D eigenvalue weighted by Crippen LogP contribution is -2.36. The van der Waals surface area contributed by atoms with Crippen LogP contribution in [0, 0.1) is 20.8 Å². The van der Waals surface area contributed by atoms with Crippen LogP contribution >= 0.6 is 11.3 Å². The number of esters is 1. The number of aryl methyl sites for hydroxylation is 3. The molecular weight excluding hydrogens is 425 g/mol. The minimum absolute atomic E-state index is 0.0548. The molecule has 2 N–H and O–H groups in total. The van der Waals surface area contributed by atoms with Gasteiger partial charge in [0.2, 0.25) is 0 Å². The third-order valence-corrected chi connectivity index (χ3v) is 5.43. The molecule has 0 unspecified atom stereocenters.